The van der Waals surface area contributed by atoms with Gasteiger partial charge >= 0.3 is 0 Å². The Kier molecular flexibility index (Phi) is 4.85. The number of halogens is 2. The molecule has 1 rings (SSSR count). The van der Waals surface area contributed by atoms with E-state index >= 15 is 0 Å². The van der Waals surface area contributed by atoms with Crippen LogP contribution in [-0.2, 0) is 0 Å². The van der Waals surface area contributed by atoms with Gasteiger partial charge in [-0.2, -0.15) is 0 Å². The monoisotopic (exact) mass is 255 g/mol. The molecule has 0 aliphatic carbocycles. The molecule has 0 fully saturated rings. The molecule has 0 amide bonds. The molecule has 0 aromatic heterocycles. The molecule has 1 aromatic carbocycles. The molecular formula is C15H23F2N. The van der Waals surface area contributed by atoms with Crippen LogP contribution in [0.5, 0.6) is 0 Å². The second-order valence-corrected chi connectivity index (χ2v) is 5.46. The number of hydrogen-bond donors (Lipinski definition) is 1. The molecule has 1 unspecified atom stereocenters. The molecule has 0 saturated heterocycles. The summed E-state index contributed by atoms with van der Waals surface area (Å²) in [4.78, 5) is 0. The van der Waals surface area contributed by atoms with E-state index in [1.165, 1.54) is 12.1 Å². The van der Waals surface area contributed by atoms with E-state index in [9.17, 15) is 8.78 Å². The van der Waals surface area contributed by atoms with E-state index in [0.29, 0.717) is 11.1 Å². The first-order valence-corrected chi connectivity index (χ1v) is 6.52. The average molecular weight is 255 g/mol. The van der Waals surface area contributed by atoms with E-state index in [1.807, 2.05) is 6.92 Å². The van der Waals surface area contributed by atoms with Crippen LogP contribution in [0.4, 0.5) is 8.78 Å². The normalized spacial score (nSPS) is 13.7. The second kappa shape index (κ2) is 5.79. The fourth-order valence-electron chi connectivity index (χ4n) is 2.10. The van der Waals surface area contributed by atoms with Gasteiger partial charge in [0.1, 0.15) is 11.6 Å². The molecule has 1 nitrogen and oxygen atoms in total. The Bertz CT molecular complexity index is 413. The largest absolute Gasteiger partial charge is 0.310 e. The van der Waals surface area contributed by atoms with Gasteiger partial charge < -0.3 is 5.32 Å². The predicted octanol–water partition coefficient (Wildman–Crippen LogP) is 4.36. The van der Waals surface area contributed by atoms with Crippen molar-refractivity contribution >= 4 is 0 Å². The van der Waals surface area contributed by atoms with Gasteiger partial charge in [-0.25, -0.2) is 8.78 Å². The van der Waals surface area contributed by atoms with E-state index < -0.39 is 0 Å². The van der Waals surface area contributed by atoms with Gasteiger partial charge in [0.05, 0.1) is 0 Å². The minimum absolute atomic E-state index is 0.126. The molecule has 1 N–H and O–H groups in total. The topological polar surface area (TPSA) is 12.0 Å². The number of nitrogens with one attached hydrogen (secondary N) is 1. The third-order valence-electron chi connectivity index (χ3n) is 3.69. The molecule has 0 aliphatic rings. The summed E-state index contributed by atoms with van der Waals surface area (Å²) in [5.41, 5.74) is 0.644. The second-order valence-electron chi connectivity index (χ2n) is 5.46. The molecule has 3 heteroatoms. The third-order valence-corrected chi connectivity index (χ3v) is 3.69. The molecule has 0 bridgehead atoms. The first-order chi connectivity index (χ1) is 8.33. The number of benzene rings is 1. The average Bonchev–Trinajstić information content (AvgIpc) is 2.31. The van der Waals surface area contributed by atoms with Crippen LogP contribution in [0.1, 0.15) is 51.3 Å². The lowest BCUT2D eigenvalue weighted by Crippen LogP contribution is -2.34. The predicted molar refractivity (Wildman–Crippen MR) is 71.6 cm³/mol. The molecule has 0 spiro atoms. The van der Waals surface area contributed by atoms with E-state index in [2.05, 4.69) is 26.1 Å². The van der Waals surface area contributed by atoms with Gasteiger partial charge in [-0.3, -0.25) is 0 Å². The number of hydrogen-bond acceptors (Lipinski definition) is 1. The lowest BCUT2D eigenvalue weighted by atomic mass is 9.78. The summed E-state index contributed by atoms with van der Waals surface area (Å²) >= 11 is 0. The fourth-order valence-corrected chi connectivity index (χ4v) is 2.10. The van der Waals surface area contributed by atoms with Crippen molar-refractivity contribution in [1.29, 1.82) is 0 Å². The molecule has 1 atom stereocenters. The van der Waals surface area contributed by atoms with E-state index in [-0.39, 0.29) is 23.1 Å². The summed E-state index contributed by atoms with van der Waals surface area (Å²) in [6, 6.07) is 2.43. The van der Waals surface area contributed by atoms with Gasteiger partial charge in [-0.15, -0.1) is 0 Å². The van der Waals surface area contributed by atoms with Crippen molar-refractivity contribution < 1.29 is 8.78 Å². The zero-order valence-electron chi connectivity index (χ0n) is 11.9. The van der Waals surface area contributed by atoms with Crippen molar-refractivity contribution in [1.82, 2.24) is 5.32 Å². The highest BCUT2D eigenvalue weighted by atomic mass is 19.1. The van der Waals surface area contributed by atoms with Gasteiger partial charge in [-0.1, -0.05) is 27.7 Å². The van der Waals surface area contributed by atoms with Crippen molar-refractivity contribution in [2.24, 2.45) is 5.41 Å². The minimum Gasteiger partial charge on any atom is -0.310 e. The van der Waals surface area contributed by atoms with Crippen LogP contribution in [0.25, 0.3) is 0 Å². The van der Waals surface area contributed by atoms with Crippen LogP contribution in [0.15, 0.2) is 12.1 Å². The molecular weight excluding hydrogens is 232 g/mol. The molecule has 0 heterocycles. The molecule has 1 aromatic rings. The van der Waals surface area contributed by atoms with Crippen molar-refractivity contribution in [3.05, 3.63) is 34.9 Å². The molecule has 0 radical (unpaired) electrons. The van der Waals surface area contributed by atoms with Crippen LogP contribution in [-0.4, -0.2) is 6.54 Å². The Labute approximate surface area is 109 Å². The fraction of sp³-hybridized carbons (Fsp3) is 0.600. The summed E-state index contributed by atoms with van der Waals surface area (Å²) in [7, 11) is 0. The third kappa shape index (κ3) is 3.08. The zero-order valence-corrected chi connectivity index (χ0v) is 11.9. The maximum absolute atomic E-state index is 14.1. The maximum atomic E-state index is 14.1. The Balaban J connectivity index is 3.26. The Hall–Kier alpha value is -0.960. The Morgan fingerprint density at radius 1 is 1.17 bits per heavy atom. The van der Waals surface area contributed by atoms with Crippen molar-refractivity contribution in [3.8, 4) is 0 Å². The smallest absolute Gasteiger partial charge is 0.128 e. The number of rotatable bonds is 5. The van der Waals surface area contributed by atoms with Crippen LogP contribution < -0.4 is 5.32 Å². The first-order valence-electron chi connectivity index (χ1n) is 6.52. The lowest BCUT2D eigenvalue weighted by Gasteiger charge is -2.35. The van der Waals surface area contributed by atoms with Crippen molar-refractivity contribution in [2.75, 3.05) is 6.54 Å². The van der Waals surface area contributed by atoms with Gasteiger partial charge in [0, 0.05) is 11.6 Å². The SMILES string of the molecule is CCNC(c1cc(F)c(C)cc1F)C(C)(C)CC. The molecule has 0 saturated carbocycles. The summed E-state index contributed by atoms with van der Waals surface area (Å²) in [6.07, 6.45) is 0.888. The molecule has 102 valence electrons. The summed E-state index contributed by atoms with van der Waals surface area (Å²) < 4.78 is 27.7. The first kappa shape index (κ1) is 15.1. The standard InChI is InChI=1S/C15H23F2N/c1-6-15(4,5)14(18-7-2)11-9-12(16)10(3)8-13(11)17/h8-9,14,18H,6-7H2,1-5H3. The molecule has 0 aliphatic heterocycles. The quantitative estimate of drug-likeness (QED) is 0.824. The highest BCUT2D eigenvalue weighted by Crippen LogP contribution is 2.37. The van der Waals surface area contributed by atoms with Gasteiger partial charge in [0.2, 0.25) is 0 Å². The zero-order chi connectivity index (χ0) is 13.9. The maximum Gasteiger partial charge on any atom is 0.128 e. The van der Waals surface area contributed by atoms with Crippen molar-refractivity contribution in [2.45, 2.75) is 47.1 Å². The van der Waals surface area contributed by atoms with Gasteiger partial charge in [0.15, 0.2) is 0 Å². The van der Waals surface area contributed by atoms with E-state index in [0.717, 1.165) is 13.0 Å². The van der Waals surface area contributed by atoms with Crippen LogP contribution in [0.3, 0.4) is 0 Å². The summed E-state index contributed by atoms with van der Waals surface area (Å²) in [6.45, 7) is 10.5. The van der Waals surface area contributed by atoms with Gasteiger partial charge in [0.25, 0.3) is 0 Å². The van der Waals surface area contributed by atoms with E-state index in [1.54, 1.807) is 6.92 Å². The van der Waals surface area contributed by atoms with Gasteiger partial charge in [-0.05, 0) is 43.0 Å². The molecule has 18 heavy (non-hydrogen) atoms. The Morgan fingerprint density at radius 3 is 2.28 bits per heavy atom. The van der Waals surface area contributed by atoms with E-state index in [4.69, 9.17) is 0 Å². The highest BCUT2D eigenvalue weighted by Gasteiger charge is 2.31. The highest BCUT2D eigenvalue weighted by molar-refractivity contribution is 5.29. The Morgan fingerprint density at radius 2 is 1.78 bits per heavy atom. The number of aryl methyl sites for hydroxylation is 1. The van der Waals surface area contributed by atoms with Crippen LogP contribution in [0.2, 0.25) is 0 Å². The summed E-state index contributed by atoms with van der Waals surface area (Å²) in [5.74, 6) is -0.678. The minimum atomic E-state index is -0.346. The van der Waals surface area contributed by atoms with Crippen molar-refractivity contribution in [3.63, 3.8) is 0 Å². The lowest BCUT2D eigenvalue weighted by molar-refractivity contribution is 0.231. The van der Waals surface area contributed by atoms with Crippen LogP contribution in [0, 0.1) is 24.0 Å². The van der Waals surface area contributed by atoms with Crippen LogP contribution >= 0.6 is 0 Å². The summed E-state index contributed by atoms with van der Waals surface area (Å²) in [5, 5.41) is 3.27.